The standard InChI is InChI=1S/C60H109NO10/c1-4-7-10-13-16-19-22-24-26-28-29-32-35-38-41-44-47-53(64)59(68)61-51(52(63)46-43-40-37-34-31-21-18-15-12-9-6-3)50-69-60-58(57(67)56(66)54(49-62)70-60)71-55(65)48-45-42-39-36-33-30-27-25-23-20-17-14-11-8-5-2/h16,19-20,23-24,26,43,46,51-54,56-58,60,62-64,66-67H,4-15,17-18,21-22,25,27-42,44-45,47-50H2,1-3H3,(H,61,68)/b19-16-,23-20-,26-24-,46-43+. The second-order valence-corrected chi connectivity index (χ2v) is 20.4. The first kappa shape index (κ1) is 66.6. The molecule has 0 aromatic carbocycles. The number of hydrogen-bond acceptors (Lipinski definition) is 10. The molecule has 8 unspecified atom stereocenters. The van der Waals surface area contributed by atoms with Crippen LogP contribution in [0.2, 0.25) is 0 Å². The number of amides is 1. The van der Waals surface area contributed by atoms with Gasteiger partial charge in [0.1, 0.15) is 24.4 Å². The van der Waals surface area contributed by atoms with Crippen molar-refractivity contribution in [3.8, 4) is 0 Å². The number of hydrogen-bond donors (Lipinski definition) is 6. The fourth-order valence-electron chi connectivity index (χ4n) is 8.97. The van der Waals surface area contributed by atoms with E-state index in [4.69, 9.17) is 14.2 Å². The van der Waals surface area contributed by atoms with Gasteiger partial charge in [0.2, 0.25) is 5.91 Å². The molecular formula is C60H109NO10. The molecule has 0 saturated carbocycles. The minimum absolute atomic E-state index is 0.118. The third-order valence-electron chi connectivity index (χ3n) is 13.7. The van der Waals surface area contributed by atoms with Gasteiger partial charge in [-0.1, -0.05) is 217 Å². The summed E-state index contributed by atoms with van der Waals surface area (Å²) in [6.07, 6.45) is 47.2. The van der Waals surface area contributed by atoms with Gasteiger partial charge in [0.05, 0.1) is 25.4 Å². The Bertz CT molecular complexity index is 1340. The van der Waals surface area contributed by atoms with Crippen LogP contribution in [0, 0.1) is 0 Å². The van der Waals surface area contributed by atoms with Crippen LogP contribution < -0.4 is 5.32 Å². The largest absolute Gasteiger partial charge is 0.454 e. The molecule has 11 nitrogen and oxygen atoms in total. The first-order valence-electron chi connectivity index (χ1n) is 29.4. The fraction of sp³-hybridized carbons (Fsp3) is 0.833. The average Bonchev–Trinajstić information content (AvgIpc) is 3.37. The molecule has 0 bridgehead atoms. The van der Waals surface area contributed by atoms with Crippen molar-refractivity contribution in [3.05, 3.63) is 48.6 Å². The van der Waals surface area contributed by atoms with Crippen molar-refractivity contribution >= 4 is 11.9 Å². The zero-order valence-electron chi connectivity index (χ0n) is 45.6. The molecule has 6 N–H and O–H groups in total. The molecule has 414 valence electrons. The van der Waals surface area contributed by atoms with E-state index < -0.39 is 67.4 Å². The van der Waals surface area contributed by atoms with Gasteiger partial charge in [0, 0.05) is 6.42 Å². The smallest absolute Gasteiger partial charge is 0.306 e. The minimum Gasteiger partial charge on any atom is -0.454 e. The fourth-order valence-corrected chi connectivity index (χ4v) is 8.97. The molecule has 1 heterocycles. The van der Waals surface area contributed by atoms with Crippen LogP contribution in [0.15, 0.2) is 48.6 Å². The van der Waals surface area contributed by atoms with Crippen molar-refractivity contribution in [2.45, 2.75) is 307 Å². The van der Waals surface area contributed by atoms with Gasteiger partial charge in [-0.05, 0) is 83.5 Å². The summed E-state index contributed by atoms with van der Waals surface area (Å²) in [7, 11) is 0. The van der Waals surface area contributed by atoms with Crippen molar-refractivity contribution in [2.24, 2.45) is 0 Å². The summed E-state index contributed by atoms with van der Waals surface area (Å²) in [5.74, 6) is -1.21. The van der Waals surface area contributed by atoms with Crippen LogP contribution in [0.1, 0.15) is 258 Å². The lowest BCUT2D eigenvalue weighted by molar-refractivity contribution is -0.305. The minimum atomic E-state index is -1.61. The highest BCUT2D eigenvalue weighted by atomic mass is 16.7. The molecule has 1 amide bonds. The maximum Gasteiger partial charge on any atom is 0.306 e. The number of aliphatic hydroxyl groups excluding tert-OH is 5. The van der Waals surface area contributed by atoms with Crippen LogP contribution in [0.4, 0.5) is 0 Å². The highest BCUT2D eigenvalue weighted by Crippen LogP contribution is 2.26. The Kier molecular flexibility index (Phi) is 45.6. The van der Waals surface area contributed by atoms with Gasteiger partial charge >= 0.3 is 5.97 Å². The molecule has 0 aromatic heterocycles. The van der Waals surface area contributed by atoms with Gasteiger partial charge in [-0.15, -0.1) is 0 Å². The maximum absolute atomic E-state index is 13.4. The molecular weight excluding hydrogens is 895 g/mol. The van der Waals surface area contributed by atoms with Crippen LogP contribution in [0.25, 0.3) is 0 Å². The van der Waals surface area contributed by atoms with Gasteiger partial charge in [0.15, 0.2) is 12.4 Å². The second-order valence-electron chi connectivity index (χ2n) is 20.4. The molecule has 11 heteroatoms. The number of nitrogens with one attached hydrogen (secondary N) is 1. The third kappa shape index (κ3) is 37.1. The Balaban J connectivity index is 2.72. The number of unbranched alkanes of at least 4 members (excludes halogenated alkanes) is 29. The summed E-state index contributed by atoms with van der Waals surface area (Å²) in [5.41, 5.74) is 0. The summed E-state index contributed by atoms with van der Waals surface area (Å²) >= 11 is 0. The van der Waals surface area contributed by atoms with E-state index in [0.29, 0.717) is 12.8 Å². The molecule has 1 saturated heterocycles. The quantitative estimate of drug-likeness (QED) is 0.0195. The van der Waals surface area contributed by atoms with E-state index >= 15 is 0 Å². The van der Waals surface area contributed by atoms with Crippen molar-refractivity contribution in [2.75, 3.05) is 13.2 Å². The number of rotatable bonds is 49. The number of allylic oxidation sites excluding steroid dienone is 7. The molecule has 8 atom stereocenters. The van der Waals surface area contributed by atoms with E-state index in [9.17, 15) is 35.1 Å². The lowest BCUT2D eigenvalue weighted by Crippen LogP contribution is -2.61. The Morgan fingerprint density at radius 2 is 0.972 bits per heavy atom. The zero-order valence-corrected chi connectivity index (χ0v) is 45.6. The summed E-state index contributed by atoms with van der Waals surface area (Å²) < 4.78 is 17.6. The number of ether oxygens (including phenoxy) is 3. The van der Waals surface area contributed by atoms with Gasteiger partial charge < -0.3 is 45.1 Å². The first-order valence-corrected chi connectivity index (χ1v) is 29.4. The van der Waals surface area contributed by atoms with Crippen LogP contribution in [0.3, 0.4) is 0 Å². The monoisotopic (exact) mass is 1000 g/mol. The Hall–Kier alpha value is -2.38. The molecule has 1 aliphatic rings. The van der Waals surface area contributed by atoms with Crippen molar-refractivity contribution in [1.29, 1.82) is 0 Å². The van der Waals surface area contributed by atoms with E-state index in [1.54, 1.807) is 6.08 Å². The van der Waals surface area contributed by atoms with E-state index in [1.807, 2.05) is 6.08 Å². The SMILES string of the molecule is CCCCC/C=C\C/C=C\CCCCCCCCC(O)C(=O)NC(COC1OC(CO)C(O)C(O)C1OC(=O)CCCCCCCCC/C=C\CCCCCC)C(O)/C=C/CCCCCCCCCCC. The first-order chi connectivity index (χ1) is 34.7. The molecule has 0 aromatic rings. The Morgan fingerprint density at radius 3 is 1.49 bits per heavy atom. The molecule has 1 rings (SSSR count). The zero-order chi connectivity index (χ0) is 51.8. The maximum atomic E-state index is 13.4. The number of carbonyl (C=O) groups excluding carboxylic acids is 2. The lowest BCUT2D eigenvalue weighted by Gasteiger charge is -2.41. The van der Waals surface area contributed by atoms with Crippen LogP contribution in [-0.2, 0) is 23.8 Å². The predicted octanol–water partition coefficient (Wildman–Crippen LogP) is 13.3. The highest BCUT2D eigenvalue weighted by molar-refractivity contribution is 5.80. The topological polar surface area (TPSA) is 175 Å². The van der Waals surface area contributed by atoms with Gasteiger partial charge in [-0.2, -0.15) is 0 Å². The molecule has 0 spiro atoms. The predicted molar refractivity (Wildman–Crippen MR) is 292 cm³/mol. The van der Waals surface area contributed by atoms with Gasteiger partial charge in [0.25, 0.3) is 0 Å². The molecule has 1 fully saturated rings. The number of esters is 1. The van der Waals surface area contributed by atoms with Crippen molar-refractivity contribution in [3.63, 3.8) is 0 Å². The van der Waals surface area contributed by atoms with Crippen molar-refractivity contribution < 1.29 is 49.3 Å². The normalized spacial score (nSPS) is 19.9. The molecule has 0 radical (unpaired) electrons. The van der Waals surface area contributed by atoms with Crippen LogP contribution in [-0.4, -0.2) is 99.6 Å². The number of carbonyl (C=O) groups is 2. The average molecular weight is 1000 g/mol. The van der Waals surface area contributed by atoms with Crippen LogP contribution >= 0.6 is 0 Å². The summed E-state index contributed by atoms with van der Waals surface area (Å²) in [6.45, 7) is 5.73. The Morgan fingerprint density at radius 1 is 0.549 bits per heavy atom. The number of aliphatic hydroxyl groups is 5. The highest BCUT2D eigenvalue weighted by Gasteiger charge is 2.47. The summed E-state index contributed by atoms with van der Waals surface area (Å²) in [5, 5.41) is 56.8. The van der Waals surface area contributed by atoms with Crippen LogP contribution in [0.5, 0.6) is 0 Å². The Labute approximate surface area is 434 Å². The van der Waals surface area contributed by atoms with E-state index in [2.05, 4.69) is 62.5 Å². The van der Waals surface area contributed by atoms with E-state index in [-0.39, 0.29) is 19.4 Å². The third-order valence-corrected chi connectivity index (χ3v) is 13.7. The van der Waals surface area contributed by atoms with E-state index in [0.717, 1.165) is 96.3 Å². The van der Waals surface area contributed by atoms with Gasteiger partial charge in [-0.3, -0.25) is 9.59 Å². The molecule has 1 aliphatic heterocycles. The molecule has 71 heavy (non-hydrogen) atoms. The second kappa shape index (κ2) is 48.6. The van der Waals surface area contributed by atoms with E-state index in [1.165, 1.54) is 116 Å². The summed E-state index contributed by atoms with van der Waals surface area (Å²) in [4.78, 5) is 26.5. The van der Waals surface area contributed by atoms with Gasteiger partial charge in [-0.25, -0.2) is 0 Å². The summed E-state index contributed by atoms with van der Waals surface area (Å²) in [6, 6.07) is -1.03. The lowest BCUT2D eigenvalue weighted by atomic mass is 9.99. The molecule has 0 aliphatic carbocycles. The van der Waals surface area contributed by atoms with Crippen molar-refractivity contribution in [1.82, 2.24) is 5.32 Å².